The summed E-state index contributed by atoms with van der Waals surface area (Å²) in [6, 6.07) is 5.60. The lowest BCUT2D eigenvalue weighted by molar-refractivity contribution is 0.548. The lowest BCUT2D eigenvalue weighted by atomic mass is 10.3. The Morgan fingerprint density at radius 2 is 1.53 bits per heavy atom. The van der Waals surface area contributed by atoms with E-state index in [1.165, 1.54) is 24.3 Å². The summed E-state index contributed by atoms with van der Waals surface area (Å²) in [6.45, 7) is 0. The lowest BCUT2D eigenvalue weighted by Crippen LogP contribution is -2.33. The molecule has 0 aliphatic heterocycles. The molecule has 2 rings (SSSR count). The van der Waals surface area contributed by atoms with Crippen LogP contribution in [-0.2, 0) is 19.9 Å². The minimum Gasteiger partial charge on any atom is -0.224 e. The van der Waals surface area contributed by atoms with E-state index >= 15 is 0 Å². The van der Waals surface area contributed by atoms with Crippen molar-refractivity contribution in [3.05, 3.63) is 24.3 Å². The molecule has 1 N–H and O–H groups in total. The predicted octanol–water partition coefficient (Wildman–Crippen LogP) is 1.31. The first-order chi connectivity index (χ1) is 8.81. The molecule has 1 aromatic rings. The highest BCUT2D eigenvalue weighted by atomic mass is 32.2. The Hall–Kier alpha value is -0.920. The first-order valence-corrected chi connectivity index (χ1v) is 9.49. The van der Waals surface area contributed by atoms with Gasteiger partial charge < -0.3 is 0 Å². The van der Waals surface area contributed by atoms with Crippen molar-refractivity contribution in [3.8, 4) is 0 Å². The molecule has 0 saturated heterocycles. The molecule has 1 aromatic carbocycles. The van der Waals surface area contributed by atoms with E-state index in [-0.39, 0.29) is 15.8 Å². The molecular formula is C12H17NO4S2. The molecule has 7 heteroatoms. The van der Waals surface area contributed by atoms with Crippen molar-refractivity contribution in [1.29, 1.82) is 0 Å². The van der Waals surface area contributed by atoms with Crippen LogP contribution in [-0.4, -0.2) is 29.1 Å². The zero-order chi connectivity index (χ0) is 14.1. The van der Waals surface area contributed by atoms with Crippen LogP contribution in [0.3, 0.4) is 0 Å². The third kappa shape index (κ3) is 3.34. The highest BCUT2D eigenvalue weighted by Crippen LogP contribution is 2.24. The van der Waals surface area contributed by atoms with Crippen LogP contribution in [0.25, 0.3) is 0 Å². The van der Waals surface area contributed by atoms with Gasteiger partial charge in [-0.2, -0.15) is 0 Å². The molecule has 1 fully saturated rings. The summed E-state index contributed by atoms with van der Waals surface area (Å²) in [6.07, 6.45) is 4.62. The van der Waals surface area contributed by atoms with Crippen LogP contribution < -0.4 is 4.72 Å². The van der Waals surface area contributed by atoms with Crippen LogP contribution in [0.5, 0.6) is 0 Å². The number of hydrogen-bond acceptors (Lipinski definition) is 4. The highest BCUT2D eigenvalue weighted by Gasteiger charge is 2.27. The first-order valence-electron chi connectivity index (χ1n) is 6.12. The van der Waals surface area contributed by atoms with E-state index in [2.05, 4.69) is 4.72 Å². The standard InChI is InChI=1S/C12H17NO4S2/c1-18(14,15)11-8-4-5-9-12(11)19(16,17)13-10-6-2-3-7-10/h4-5,8-10,13H,2-3,6-7H2,1H3. The van der Waals surface area contributed by atoms with E-state index in [9.17, 15) is 16.8 Å². The fourth-order valence-corrected chi connectivity index (χ4v) is 5.24. The van der Waals surface area contributed by atoms with Crippen LogP contribution in [0, 0.1) is 0 Å². The van der Waals surface area contributed by atoms with Crippen LogP contribution in [0.2, 0.25) is 0 Å². The van der Waals surface area contributed by atoms with E-state index in [0.717, 1.165) is 31.9 Å². The van der Waals surface area contributed by atoms with Crippen molar-refractivity contribution in [3.63, 3.8) is 0 Å². The summed E-state index contributed by atoms with van der Waals surface area (Å²) in [7, 11) is -7.36. The molecule has 106 valence electrons. The van der Waals surface area contributed by atoms with E-state index in [0.29, 0.717) is 0 Å². The zero-order valence-corrected chi connectivity index (χ0v) is 12.3. The Labute approximate surface area is 114 Å². The number of rotatable bonds is 4. The minimum atomic E-state index is -3.79. The SMILES string of the molecule is CS(=O)(=O)c1ccccc1S(=O)(=O)NC1CCCC1. The molecule has 0 unspecified atom stereocenters. The highest BCUT2D eigenvalue weighted by molar-refractivity contribution is 7.93. The van der Waals surface area contributed by atoms with Gasteiger partial charge in [0.1, 0.15) is 4.90 Å². The largest absolute Gasteiger partial charge is 0.242 e. The molecule has 0 amide bonds. The van der Waals surface area contributed by atoms with Crippen molar-refractivity contribution >= 4 is 19.9 Å². The van der Waals surface area contributed by atoms with Crippen LogP contribution in [0.1, 0.15) is 25.7 Å². The Morgan fingerprint density at radius 3 is 2.05 bits per heavy atom. The molecule has 0 heterocycles. The monoisotopic (exact) mass is 303 g/mol. The number of nitrogens with one attached hydrogen (secondary N) is 1. The quantitative estimate of drug-likeness (QED) is 0.909. The molecule has 0 atom stereocenters. The number of benzene rings is 1. The second-order valence-corrected chi connectivity index (χ2v) is 8.49. The van der Waals surface area contributed by atoms with Crippen molar-refractivity contribution in [1.82, 2.24) is 4.72 Å². The van der Waals surface area contributed by atoms with Gasteiger partial charge in [-0.3, -0.25) is 0 Å². The second kappa shape index (κ2) is 5.22. The number of sulfonamides is 1. The van der Waals surface area contributed by atoms with Crippen LogP contribution in [0.15, 0.2) is 34.1 Å². The third-order valence-corrected chi connectivity index (χ3v) is 6.08. The van der Waals surface area contributed by atoms with Crippen molar-refractivity contribution < 1.29 is 16.8 Å². The fourth-order valence-electron chi connectivity index (χ4n) is 2.31. The fraction of sp³-hybridized carbons (Fsp3) is 0.500. The number of sulfone groups is 1. The van der Waals surface area contributed by atoms with Crippen molar-refractivity contribution in [2.24, 2.45) is 0 Å². The van der Waals surface area contributed by atoms with Gasteiger partial charge in [0.15, 0.2) is 9.84 Å². The zero-order valence-electron chi connectivity index (χ0n) is 10.7. The summed E-state index contributed by atoms with van der Waals surface area (Å²) >= 11 is 0. The molecular weight excluding hydrogens is 286 g/mol. The van der Waals surface area contributed by atoms with Crippen molar-refractivity contribution in [2.45, 2.75) is 41.5 Å². The Bertz CT molecular complexity index is 659. The van der Waals surface area contributed by atoms with Crippen LogP contribution >= 0.6 is 0 Å². The molecule has 5 nitrogen and oxygen atoms in total. The maximum Gasteiger partial charge on any atom is 0.242 e. The van der Waals surface area contributed by atoms with E-state index in [4.69, 9.17) is 0 Å². The van der Waals surface area contributed by atoms with Gasteiger partial charge in [0.05, 0.1) is 4.90 Å². The van der Waals surface area contributed by atoms with Gasteiger partial charge in [0, 0.05) is 12.3 Å². The molecule has 0 bridgehead atoms. The van der Waals surface area contributed by atoms with Gasteiger partial charge >= 0.3 is 0 Å². The topological polar surface area (TPSA) is 80.3 Å². The van der Waals surface area contributed by atoms with Gasteiger partial charge in [-0.1, -0.05) is 25.0 Å². The van der Waals surface area contributed by atoms with Gasteiger partial charge in [-0.15, -0.1) is 0 Å². The summed E-state index contributed by atoms with van der Waals surface area (Å²) in [4.78, 5) is -0.315. The van der Waals surface area contributed by atoms with Gasteiger partial charge in [0.2, 0.25) is 10.0 Å². The summed E-state index contributed by atoms with van der Waals surface area (Å²) in [5.41, 5.74) is 0. The molecule has 1 saturated carbocycles. The average molecular weight is 303 g/mol. The molecule has 19 heavy (non-hydrogen) atoms. The lowest BCUT2D eigenvalue weighted by Gasteiger charge is -2.14. The predicted molar refractivity (Wildman–Crippen MR) is 72.1 cm³/mol. The maximum atomic E-state index is 12.3. The normalized spacial score (nSPS) is 17.7. The summed E-state index contributed by atoms with van der Waals surface area (Å²) in [5.74, 6) is 0. The van der Waals surface area contributed by atoms with Gasteiger partial charge in [-0.25, -0.2) is 21.6 Å². The Morgan fingerprint density at radius 1 is 1.00 bits per heavy atom. The average Bonchev–Trinajstić information content (AvgIpc) is 2.80. The minimum absolute atomic E-state index is 0.0855. The molecule has 1 aliphatic carbocycles. The smallest absolute Gasteiger partial charge is 0.224 e. The van der Waals surface area contributed by atoms with E-state index < -0.39 is 19.9 Å². The summed E-state index contributed by atoms with van der Waals surface area (Å²) < 4.78 is 50.4. The third-order valence-electron chi connectivity index (χ3n) is 3.22. The van der Waals surface area contributed by atoms with E-state index in [1.807, 2.05) is 0 Å². The van der Waals surface area contributed by atoms with Gasteiger partial charge in [-0.05, 0) is 25.0 Å². The van der Waals surface area contributed by atoms with Gasteiger partial charge in [0.25, 0.3) is 0 Å². The molecule has 1 aliphatic rings. The maximum absolute atomic E-state index is 12.3. The summed E-state index contributed by atoms with van der Waals surface area (Å²) in [5, 5.41) is 0. The number of hydrogen-bond donors (Lipinski definition) is 1. The molecule has 0 aromatic heterocycles. The van der Waals surface area contributed by atoms with E-state index in [1.54, 1.807) is 0 Å². The molecule has 0 radical (unpaired) electrons. The Balaban J connectivity index is 2.40. The second-order valence-electron chi connectivity index (χ2n) is 4.82. The van der Waals surface area contributed by atoms with Crippen LogP contribution in [0.4, 0.5) is 0 Å². The first kappa shape index (κ1) is 14.5. The van der Waals surface area contributed by atoms with Crippen molar-refractivity contribution in [2.75, 3.05) is 6.26 Å². The molecule has 0 spiro atoms. The Kier molecular flexibility index (Phi) is 3.98.